The summed E-state index contributed by atoms with van der Waals surface area (Å²) in [6.07, 6.45) is 0. The van der Waals surface area contributed by atoms with Crippen LogP contribution in [-0.2, 0) is 16.1 Å². The molecule has 32 heavy (non-hydrogen) atoms. The Morgan fingerprint density at radius 2 is 1.66 bits per heavy atom. The van der Waals surface area contributed by atoms with Crippen molar-refractivity contribution in [2.45, 2.75) is 12.5 Å². The first-order valence-electron chi connectivity index (χ1n) is 9.89. The lowest BCUT2D eigenvalue weighted by Crippen LogP contribution is -2.19. The van der Waals surface area contributed by atoms with E-state index in [1.807, 2.05) is 78.2 Å². The fourth-order valence-electron chi connectivity index (χ4n) is 3.41. The largest absolute Gasteiger partial charge is 0.458 e. The molecule has 0 bridgehead atoms. The van der Waals surface area contributed by atoms with E-state index >= 15 is 0 Å². The molecule has 0 aliphatic heterocycles. The van der Waals surface area contributed by atoms with Crippen molar-refractivity contribution >= 4 is 33.6 Å². The quantitative estimate of drug-likeness (QED) is 0.343. The molecule has 3 heterocycles. The van der Waals surface area contributed by atoms with Crippen LogP contribution < -0.4 is 5.56 Å². The Kier molecular flexibility index (Phi) is 5.62. The highest BCUT2D eigenvalue weighted by molar-refractivity contribution is 7.23. The summed E-state index contributed by atoms with van der Waals surface area (Å²) in [5.41, 5.74) is 1.78. The zero-order valence-corrected chi connectivity index (χ0v) is 18.4. The summed E-state index contributed by atoms with van der Waals surface area (Å²) < 4.78 is 6.90. The van der Waals surface area contributed by atoms with Gasteiger partial charge in [-0.3, -0.25) is 9.59 Å². The van der Waals surface area contributed by atoms with Gasteiger partial charge in [-0.15, -0.1) is 11.3 Å². The summed E-state index contributed by atoms with van der Waals surface area (Å²) in [7, 11) is 0. The smallest absolute Gasteiger partial charge is 0.318 e. The van der Waals surface area contributed by atoms with Gasteiger partial charge >= 0.3 is 5.97 Å². The Hall–Kier alpha value is -3.62. The Morgan fingerprint density at radius 3 is 2.28 bits per heavy atom. The number of nitrogens with zero attached hydrogens (tertiary/aromatic N) is 3. The van der Waals surface area contributed by atoms with Crippen LogP contribution in [0.25, 0.3) is 14.8 Å². The number of carbonyl (C=O) groups excluding carboxylic acids is 1. The minimum absolute atomic E-state index is 0.0903. The third-order valence-corrected chi connectivity index (χ3v) is 6.84. The highest BCUT2D eigenvalue weighted by Crippen LogP contribution is 2.29. The van der Waals surface area contributed by atoms with Crippen LogP contribution in [0, 0.1) is 0 Å². The maximum atomic E-state index is 13.1. The molecule has 0 aliphatic carbocycles. The van der Waals surface area contributed by atoms with Gasteiger partial charge in [0, 0.05) is 6.07 Å². The molecule has 0 fully saturated rings. The minimum Gasteiger partial charge on any atom is -0.458 e. The summed E-state index contributed by atoms with van der Waals surface area (Å²) >= 11 is 2.88. The van der Waals surface area contributed by atoms with Crippen molar-refractivity contribution in [3.05, 3.63) is 111 Å². The maximum absolute atomic E-state index is 13.1. The van der Waals surface area contributed by atoms with Gasteiger partial charge in [-0.2, -0.15) is 9.61 Å². The van der Waals surface area contributed by atoms with E-state index in [0.717, 1.165) is 21.0 Å². The van der Waals surface area contributed by atoms with E-state index in [9.17, 15) is 9.59 Å². The first kappa shape index (κ1) is 20.3. The molecular weight excluding hydrogens is 442 g/mol. The van der Waals surface area contributed by atoms with Gasteiger partial charge in [0.05, 0.1) is 10.6 Å². The highest BCUT2D eigenvalue weighted by Gasteiger charge is 2.24. The average Bonchev–Trinajstić information content (AvgIpc) is 3.50. The number of fused-ring (bicyclic) bond motifs is 1. The topological polar surface area (TPSA) is 73.6 Å². The van der Waals surface area contributed by atoms with Gasteiger partial charge in [0.2, 0.25) is 4.96 Å². The minimum atomic E-state index is -0.559. The monoisotopic (exact) mass is 459 g/mol. The predicted molar refractivity (Wildman–Crippen MR) is 125 cm³/mol. The number of carbonyl (C=O) groups is 1. The standard InChI is InChI=1S/C24H17N3O3S2/c28-20-14-18(25-24-27(20)26-22(32-24)19-12-7-13-31-19)15-30-23(29)21(16-8-3-1-4-9-16)17-10-5-2-6-11-17/h1-14,21H,15H2. The number of benzene rings is 2. The molecule has 6 nitrogen and oxygen atoms in total. The van der Waals surface area contributed by atoms with Crippen molar-refractivity contribution in [3.8, 4) is 9.88 Å². The van der Waals surface area contributed by atoms with Gasteiger partial charge in [-0.1, -0.05) is 78.1 Å². The number of aromatic nitrogens is 3. The molecule has 0 spiro atoms. The van der Waals surface area contributed by atoms with E-state index in [1.54, 1.807) is 11.3 Å². The molecule has 5 rings (SSSR count). The van der Waals surface area contributed by atoms with Gasteiger partial charge in [-0.05, 0) is 22.6 Å². The summed E-state index contributed by atoms with van der Waals surface area (Å²) in [5.74, 6) is -0.955. The third kappa shape index (κ3) is 4.10. The number of hydrogen-bond acceptors (Lipinski definition) is 7. The Bertz CT molecular complexity index is 1370. The van der Waals surface area contributed by atoms with Crippen LogP contribution >= 0.6 is 22.7 Å². The van der Waals surface area contributed by atoms with Crippen LogP contribution in [0.2, 0.25) is 0 Å². The number of hydrogen-bond donors (Lipinski definition) is 0. The van der Waals surface area contributed by atoms with E-state index < -0.39 is 11.9 Å². The number of thiophene rings is 1. The van der Waals surface area contributed by atoms with Crippen LogP contribution in [0.1, 0.15) is 22.7 Å². The van der Waals surface area contributed by atoms with E-state index in [0.29, 0.717) is 10.7 Å². The molecule has 158 valence electrons. The fraction of sp³-hybridized carbons (Fsp3) is 0.0833. The second-order valence-corrected chi connectivity index (χ2v) is 8.93. The maximum Gasteiger partial charge on any atom is 0.318 e. The van der Waals surface area contributed by atoms with E-state index in [1.165, 1.54) is 21.9 Å². The highest BCUT2D eigenvalue weighted by atomic mass is 32.1. The number of rotatable bonds is 6. The summed E-state index contributed by atoms with van der Waals surface area (Å²) in [6.45, 7) is -0.0903. The molecule has 2 aromatic carbocycles. The van der Waals surface area contributed by atoms with Crippen LogP contribution in [0.5, 0.6) is 0 Å². The van der Waals surface area contributed by atoms with Crippen molar-refractivity contribution < 1.29 is 9.53 Å². The molecule has 0 N–H and O–H groups in total. The predicted octanol–water partition coefficient (Wildman–Crippen LogP) is 4.75. The van der Waals surface area contributed by atoms with Gasteiger partial charge in [0.1, 0.15) is 12.5 Å². The Labute approximate surface area is 191 Å². The van der Waals surface area contributed by atoms with Gasteiger partial charge in [-0.25, -0.2) is 4.98 Å². The van der Waals surface area contributed by atoms with Gasteiger partial charge in [0.25, 0.3) is 5.56 Å². The normalized spacial score (nSPS) is 11.2. The van der Waals surface area contributed by atoms with Crippen LogP contribution in [0.3, 0.4) is 0 Å². The summed E-state index contributed by atoms with van der Waals surface area (Å²) in [4.78, 5) is 31.5. The number of esters is 1. The fourth-order valence-corrected chi connectivity index (χ4v) is 5.13. The Morgan fingerprint density at radius 1 is 0.969 bits per heavy atom. The molecule has 8 heteroatoms. The van der Waals surface area contributed by atoms with Crippen LogP contribution in [0.4, 0.5) is 0 Å². The van der Waals surface area contributed by atoms with Gasteiger partial charge in [0.15, 0.2) is 5.01 Å². The number of ether oxygens (including phenoxy) is 1. The molecule has 5 aromatic rings. The first-order valence-corrected chi connectivity index (χ1v) is 11.6. The van der Waals surface area contributed by atoms with Crippen molar-refractivity contribution in [2.24, 2.45) is 0 Å². The second kappa shape index (κ2) is 8.86. The molecule has 0 saturated carbocycles. The molecule has 0 unspecified atom stereocenters. The Balaban J connectivity index is 1.40. The summed E-state index contributed by atoms with van der Waals surface area (Å²) in [6, 6.07) is 24.2. The van der Waals surface area contributed by atoms with E-state index in [2.05, 4.69) is 10.1 Å². The van der Waals surface area contributed by atoms with Crippen LogP contribution in [0.15, 0.2) is 89.0 Å². The lowest BCUT2D eigenvalue weighted by Gasteiger charge is -2.17. The molecule has 0 saturated heterocycles. The SMILES string of the molecule is O=C(OCc1cc(=O)n2nc(-c3cccs3)sc2n1)C(c1ccccc1)c1ccccc1. The zero-order chi connectivity index (χ0) is 21.9. The molecule has 0 amide bonds. The zero-order valence-electron chi connectivity index (χ0n) is 16.8. The van der Waals surface area contributed by atoms with Crippen molar-refractivity contribution in [1.82, 2.24) is 14.6 Å². The molecular formula is C24H17N3O3S2. The van der Waals surface area contributed by atoms with Crippen molar-refractivity contribution in [2.75, 3.05) is 0 Å². The molecule has 0 atom stereocenters. The average molecular weight is 460 g/mol. The summed E-state index contributed by atoms with van der Waals surface area (Å²) in [5, 5.41) is 7.05. The van der Waals surface area contributed by atoms with Crippen LogP contribution in [-0.4, -0.2) is 20.6 Å². The lowest BCUT2D eigenvalue weighted by molar-refractivity contribution is -0.145. The lowest BCUT2D eigenvalue weighted by atomic mass is 9.91. The molecule has 0 radical (unpaired) electrons. The van der Waals surface area contributed by atoms with Crippen molar-refractivity contribution in [3.63, 3.8) is 0 Å². The van der Waals surface area contributed by atoms with Crippen molar-refractivity contribution in [1.29, 1.82) is 0 Å². The van der Waals surface area contributed by atoms with E-state index in [4.69, 9.17) is 4.74 Å². The molecule has 0 aliphatic rings. The van der Waals surface area contributed by atoms with E-state index in [-0.39, 0.29) is 12.2 Å². The third-order valence-electron chi connectivity index (χ3n) is 4.89. The first-order chi connectivity index (χ1) is 15.7. The molecule has 3 aromatic heterocycles. The van der Waals surface area contributed by atoms with Gasteiger partial charge < -0.3 is 4.74 Å². The second-order valence-electron chi connectivity index (χ2n) is 7.03.